The summed E-state index contributed by atoms with van der Waals surface area (Å²) in [6, 6.07) is 10.0. The summed E-state index contributed by atoms with van der Waals surface area (Å²) in [5.74, 6) is 0.507. The van der Waals surface area contributed by atoms with Crippen molar-refractivity contribution in [2.24, 2.45) is 0 Å². The number of rotatable bonds is 2. The molecule has 0 unspecified atom stereocenters. The van der Waals surface area contributed by atoms with E-state index in [1.54, 1.807) is 0 Å². The average molecular weight is 257 g/mol. The van der Waals surface area contributed by atoms with E-state index in [1.165, 1.54) is 0 Å². The molecule has 1 nitrogen and oxygen atoms in total. The standard InChI is InChI=1S/C9H12O.C5H5.Fe/c1-2-5-9(10)8-6-3-4-7-8;1-2-4-5-3-1;/h3-4,6-7,10H,2,5H2,1H3;1-5H;/q;-1;. The van der Waals surface area contributed by atoms with Gasteiger partial charge in [-0.15, -0.1) is 0 Å². The van der Waals surface area contributed by atoms with Gasteiger partial charge in [0.2, 0.25) is 0 Å². The minimum Gasteiger partial charge on any atom is -0.512 e. The van der Waals surface area contributed by atoms with Crippen molar-refractivity contribution in [3.63, 3.8) is 0 Å². The Morgan fingerprint density at radius 3 is 2.12 bits per heavy atom. The van der Waals surface area contributed by atoms with Crippen LogP contribution in [0.15, 0.2) is 66.0 Å². The third-order valence-corrected chi connectivity index (χ3v) is 2.04. The van der Waals surface area contributed by atoms with Crippen LogP contribution in [-0.4, -0.2) is 5.11 Å². The van der Waals surface area contributed by atoms with E-state index in [0.717, 1.165) is 18.4 Å². The summed E-state index contributed by atoms with van der Waals surface area (Å²) in [7, 11) is 0. The fraction of sp³-hybridized carbons (Fsp3) is 0.214. The molecule has 16 heavy (non-hydrogen) atoms. The first-order chi connectivity index (χ1) is 7.34. The molecule has 0 spiro atoms. The van der Waals surface area contributed by atoms with Crippen molar-refractivity contribution >= 4 is 0 Å². The van der Waals surface area contributed by atoms with E-state index in [9.17, 15) is 5.11 Å². The zero-order valence-corrected chi connectivity index (χ0v) is 10.5. The van der Waals surface area contributed by atoms with Gasteiger partial charge in [0.1, 0.15) is 0 Å². The Labute approximate surface area is 108 Å². The Bertz CT molecular complexity index is 314. The third-order valence-electron chi connectivity index (χ3n) is 2.04. The summed E-state index contributed by atoms with van der Waals surface area (Å²) in [5.41, 5.74) is 0.960. The Morgan fingerprint density at radius 1 is 1.19 bits per heavy atom. The van der Waals surface area contributed by atoms with Crippen LogP contribution >= 0.6 is 0 Å². The molecule has 1 N–H and O–H groups in total. The topological polar surface area (TPSA) is 20.2 Å². The zero-order chi connectivity index (χ0) is 10.9. The molecule has 1 aliphatic carbocycles. The Balaban J connectivity index is 0.000000318. The molecule has 1 aromatic carbocycles. The predicted molar refractivity (Wildman–Crippen MR) is 64.9 cm³/mol. The number of hydrogen-bond acceptors (Lipinski definition) is 1. The maximum Gasteiger partial charge on any atom is 0.0994 e. The molecule has 1 aliphatic rings. The first-order valence-electron chi connectivity index (χ1n) is 5.28. The van der Waals surface area contributed by atoms with E-state index in [0.29, 0.717) is 5.76 Å². The fourth-order valence-corrected chi connectivity index (χ4v) is 1.27. The second kappa shape index (κ2) is 9.14. The van der Waals surface area contributed by atoms with Crippen molar-refractivity contribution in [2.75, 3.05) is 0 Å². The van der Waals surface area contributed by atoms with Crippen LogP contribution in [-0.2, 0) is 17.1 Å². The summed E-state index contributed by atoms with van der Waals surface area (Å²) >= 11 is 0. The van der Waals surface area contributed by atoms with Gasteiger partial charge in [0.15, 0.2) is 0 Å². The van der Waals surface area contributed by atoms with Crippen molar-refractivity contribution < 1.29 is 22.2 Å². The third kappa shape index (κ3) is 5.69. The smallest absolute Gasteiger partial charge is 0.0994 e. The molecule has 0 radical (unpaired) electrons. The molecular weight excluding hydrogens is 240 g/mol. The van der Waals surface area contributed by atoms with E-state index in [1.807, 2.05) is 54.6 Å². The van der Waals surface area contributed by atoms with Crippen molar-refractivity contribution in [1.29, 1.82) is 0 Å². The van der Waals surface area contributed by atoms with Gasteiger partial charge in [0.25, 0.3) is 0 Å². The summed E-state index contributed by atoms with van der Waals surface area (Å²) in [5, 5.41) is 9.33. The molecule has 0 saturated carbocycles. The first-order valence-corrected chi connectivity index (χ1v) is 5.28. The predicted octanol–water partition coefficient (Wildman–Crippen LogP) is 4.13. The second-order valence-corrected chi connectivity index (χ2v) is 3.33. The molecule has 0 bridgehead atoms. The number of aliphatic hydroxyl groups is 1. The molecular formula is C14H17FeO-. The van der Waals surface area contributed by atoms with E-state index >= 15 is 0 Å². The quantitative estimate of drug-likeness (QED) is 0.480. The SMILES string of the molecule is CCCC(O)=C1C=CC=C1.[Fe].c1cc[cH-]c1. The average Bonchev–Trinajstić information content (AvgIpc) is 2.95. The number of hydrogen-bond donors (Lipinski definition) is 1. The Hall–Kier alpha value is -1.11. The van der Waals surface area contributed by atoms with Crippen LogP contribution in [0, 0.1) is 0 Å². The molecule has 0 heterocycles. The summed E-state index contributed by atoms with van der Waals surface area (Å²) in [4.78, 5) is 0. The second-order valence-electron chi connectivity index (χ2n) is 3.33. The monoisotopic (exact) mass is 257 g/mol. The minimum absolute atomic E-state index is 0. The van der Waals surface area contributed by atoms with Gasteiger partial charge in [0, 0.05) is 29.1 Å². The van der Waals surface area contributed by atoms with E-state index < -0.39 is 0 Å². The van der Waals surface area contributed by atoms with Crippen molar-refractivity contribution in [3.8, 4) is 0 Å². The van der Waals surface area contributed by atoms with Gasteiger partial charge in [-0.1, -0.05) is 31.2 Å². The molecule has 0 saturated heterocycles. The van der Waals surface area contributed by atoms with Crippen LogP contribution in [0.2, 0.25) is 0 Å². The molecule has 0 aliphatic heterocycles. The van der Waals surface area contributed by atoms with E-state index in [2.05, 4.69) is 6.92 Å². The summed E-state index contributed by atoms with van der Waals surface area (Å²) in [6.45, 7) is 2.05. The molecule has 0 aromatic heterocycles. The van der Waals surface area contributed by atoms with Crippen LogP contribution in [0.5, 0.6) is 0 Å². The van der Waals surface area contributed by atoms with Gasteiger partial charge in [-0.25, -0.2) is 12.1 Å². The van der Waals surface area contributed by atoms with Crippen LogP contribution in [0.25, 0.3) is 0 Å². The Morgan fingerprint density at radius 2 is 1.75 bits per heavy atom. The molecule has 0 fully saturated rings. The summed E-state index contributed by atoms with van der Waals surface area (Å²) < 4.78 is 0. The van der Waals surface area contributed by atoms with Gasteiger partial charge in [-0.05, 0) is 6.42 Å². The van der Waals surface area contributed by atoms with Crippen molar-refractivity contribution in [2.45, 2.75) is 19.8 Å². The number of allylic oxidation sites excluding steroid dienone is 6. The fourth-order valence-electron chi connectivity index (χ4n) is 1.27. The van der Waals surface area contributed by atoms with Gasteiger partial charge < -0.3 is 5.11 Å². The molecule has 0 amide bonds. The number of aliphatic hydroxyl groups excluding tert-OH is 1. The molecule has 0 atom stereocenters. The minimum atomic E-state index is 0. The van der Waals surface area contributed by atoms with Crippen LogP contribution in [0.4, 0.5) is 0 Å². The van der Waals surface area contributed by atoms with Gasteiger partial charge in [-0.2, -0.15) is 18.2 Å². The first kappa shape index (κ1) is 14.9. The maximum atomic E-state index is 9.33. The van der Waals surface area contributed by atoms with Crippen LogP contribution < -0.4 is 0 Å². The largest absolute Gasteiger partial charge is 0.512 e. The molecule has 2 rings (SSSR count). The van der Waals surface area contributed by atoms with Gasteiger partial charge in [0.05, 0.1) is 5.76 Å². The van der Waals surface area contributed by atoms with Gasteiger partial charge in [-0.3, -0.25) is 0 Å². The van der Waals surface area contributed by atoms with E-state index in [4.69, 9.17) is 0 Å². The maximum absolute atomic E-state index is 9.33. The zero-order valence-electron chi connectivity index (χ0n) is 9.41. The van der Waals surface area contributed by atoms with Crippen molar-refractivity contribution in [1.82, 2.24) is 0 Å². The van der Waals surface area contributed by atoms with Crippen LogP contribution in [0.1, 0.15) is 19.8 Å². The van der Waals surface area contributed by atoms with Gasteiger partial charge >= 0.3 is 0 Å². The Kier molecular flexibility index (Phi) is 8.51. The molecule has 2 heteroatoms. The van der Waals surface area contributed by atoms with Crippen molar-refractivity contribution in [3.05, 3.63) is 66.0 Å². The summed E-state index contributed by atoms with van der Waals surface area (Å²) in [6.07, 6.45) is 9.49. The van der Waals surface area contributed by atoms with E-state index in [-0.39, 0.29) is 17.1 Å². The normalized spacial score (nSPS) is 11.7. The van der Waals surface area contributed by atoms with Crippen LogP contribution in [0.3, 0.4) is 0 Å². The molecule has 1 aromatic rings. The molecule has 88 valence electrons.